The molecule has 1 aromatic carbocycles. The number of thioether (sulfide) groups is 1. The van der Waals surface area contributed by atoms with Crippen LogP contribution in [0.5, 0.6) is 0 Å². The number of nitrogens with one attached hydrogen (secondary N) is 1. The molecule has 2 fully saturated rings. The Labute approximate surface area is 149 Å². The Hall–Kier alpha value is -1.04. The number of amides is 1. The fourth-order valence-electron chi connectivity index (χ4n) is 3.46. The molecule has 2 aliphatic heterocycles. The molecule has 3 atom stereocenters. The van der Waals surface area contributed by atoms with Crippen LogP contribution in [0, 0.1) is 0 Å². The molecule has 2 heterocycles. The quantitative estimate of drug-likeness (QED) is 0.908. The zero-order valence-corrected chi connectivity index (χ0v) is 15.5. The Balaban J connectivity index is 1.54. The Morgan fingerprint density at radius 3 is 2.58 bits per heavy atom. The van der Waals surface area contributed by atoms with Crippen molar-refractivity contribution in [3.63, 3.8) is 0 Å². The van der Waals surface area contributed by atoms with Gasteiger partial charge in [-0.15, -0.1) is 0 Å². The van der Waals surface area contributed by atoms with Crippen LogP contribution in [0.15, 0.2) is 24.3 Å². The summed E-state index contributed by atoms with van der Waals surface area (Å²) >= 11 is 2.04. The monoisotopic (exact) mass is 348 g/mol. The molecule has 132 valence electrons. The number of hydrogen-bond donors (Lipinski definition) is 1. The van der Waals surface area contributed by atoms with Gasteiger partial charge >= 0.3 is 0 Å². The van der Waals surface area contributed by atoms with Crippen LogP contribution in [0.3, 0.4) is 0 Å². The summed E-state index contributed by atoms with van der Waals surface area (Å²) in [6.07, 6.45) is 2.80. The molecule has 0 radical (unpaired) electrons. The average molecular weight is 349 g/mol. The van der Waals surface area contributed by atoms with Crippen molar-refractivity contribution in [3.8, 4) is 0 Å². The smallest absolute Gasteiger partial charge is 0.254 e. The van der Waals surface area contributed by atoms with Gasteiger partial charge in [0.2, 0.25) is 0 Å². The lowest BCUT2D eigenvalue weighted by molar-refractivity contribution is -0.0586. The molecular weight excluding hydrogens is 320 g/mol. The van der Waals surface area contributed by atoms with E-state index < -0.39 is 0 Å². The summed E-state index contributed by atoms with van der Waals surface area (Å²) in [5.74, 6) is 2.62. The van der Waals surface area contributed by atoms with Crippen molar-refractivity contribution < 1.29 is 9.53 Å². The largest absolute Gasteiger partial charge is 0.372 e. The van der Waals surface area contributed by atoms with E-state index in [-0.39, 0.29) is 18.1 Å². The van der Waals surface area contributed by atoms with E-state index in [0.29, 0.717) is 19.1 Å². The van der Waals surface area contributed by atoms with E-state index in [1.54, 1.807) is 0 Å². The van der Waals surface area contributed by atoms with E-state index in [2.05, 4.69) is 17.4 Å². The number of rotatable bonds is 4. The number of carbonyl (C=O) groups is 1. The first-order valence-electron chi connectivity index (χ1n) is 8.96. The fourth-order valence-corrected chi connectivity index (χ4v) is 4.56. The Kier molecular flexibility index (Phi) is 6.19. The van der Waals surface area contributed by atoms with Crippen LogP contribution in [-0.2, 0) is 11.3 Å². The number of morpholine rings is 1. The van der Waals surface area contributed by atoms with E-state index >= 15 is 0 Å². The fraction of sp³-hybridized carbons (Fsp3) is 0.632. The summed E-state index contributed by atoms with van der Waals surface area (Å²) in [6, 6.07) is 8.69. The normalized spacial score (nSPS) is 27.9. The minimum Gasteiger partial charge on any atom is -0.372 e. The molecule has 0 bridgehead atoms. The maximum Gasteiger partial charge on any atom is 0.254 e. The van der Waals surface area contributed by atoms with Crippen molar-refractivity contribution in [3.05, 3.63) is 35.4 Å². The molecule has 2 saturated heterocycles. The molecule has 1 aromatic rings. The zero-order chi connectivity index (χ0) is 16.9. The van der Waals surface area contributed by atoms with Crippen LogP contribution < -0.4 is 5.32 Å². The number of hydrogen-bond acceptors (Lipinski definition) is 4. The van der Waals surface area contributed by atoms with Crippen molar-refractivity contribution >= 4 is 17.7 Å². The van der Waals surface area contributed by atoms with Gasteiger partial charge in [-0.25, -0.2) is 0 Å². The molecule has 0 saturated carbocycles. The molecule has 5 heteroatoms. The van der Waals surface area contributed by atoms with Crippen molar-refractivity contribution in [2.24, 2.45) is 0 Å². The summed E-state index contributed by atoms with van der Waals surface area (Å²) in [5, 5.41) is 3.63. The molecule has 24 heavy (non-hydrogen) atoms. The summed E-state index contributed by atoms with van der Waals surface area (Å²) in [5.41, 5.74) is 2.01. The van der Waals surface area contributed by atoms with Crippen LogP contribution in [-0.4, -0.2) is 53.7 Å². The molecule has 4 nitrogen and oxygen atoms in total. The van der Waals surface area contributed by atoms with E-state index in [4.69, 9.17) is 4.74 Å². The van der Waals surface area contributed by atoms with Crippen molar-refractivity contribution in [1.29, 1.82) is 0 Å². The number of ether oxygens (including phenoxy) is 1. The summed E-state index contributed by atoms with van der Waals surface area (Å²) in [4.78, 5) is 14.6. The lowest BCUT2D eigenvalue weighted by atomic mass is 10.1. The van der Waals surface area contributed by atoms with Gasteiger partial charge in [-0.05, 0) is 50.1 Å². The molecule has 0 aromatic heterocycles. The van der Waals surface area contributed by atoms with E-state index in [1.165, 1.54) is 29.9 Å². The van der Waals surface area contributed by atoms with E-state index in [1.807, 2.05) is 42.6 Å². The lowest BCUT2D eigenvalue weighted by Gasteiger charge is -2.35. The second-order valence-electron chi connectivity index (χ2n) is 6.96. The van der Waals surface area contributed by atoms with Crippen molar-refractivity contribution in [2.75, 3.05) is 24.6 Å². The van der Waals surface area contributed by atoms with E-state index in [9.17, 15) is 4.79 Å². The SMILES string of the molecule is C[C@@H]1CN(C(=O)c2ccc(CN[C@H]3CCCSC3)cc2)C[C@@H](C)O1. The highest BCUT2D eigenvalue weighted by Crippen LogP contribution is 2.18. The van der Waals surface area contributed by atoms with Crippen LogP contribution in [0.1, 0.15) is 42.6 Å². The standard InChI is InChI=1S/C19H28N2O2S/c1-14-11-21(12-15(2)23-14)19(22)17-7-5-16(6-8-17)10-20-18-4-3-9-24-13-18/h5-8,14-15,18,20H,3-4,9-13H2,1-2H3/t14-,15-,18+/m1/s1. The third-order valence-electron chi connectivity index (χ3n) is 4.66. The summed E-state index contributed by atoms with van der Waals surface area (Å²) in [7, 11) is 0. The van der Waals surface area contributed by atoms with Crippen molar-refractivity contribution in [1.82, 2.24) is 10.2 Å². The first-order valence-corrected chi connectivity index (χ1v) is 10.1. The van der Waals surface area contributed by atoms with Gasteiger partial charge in [-0.3, -0.25) is 4.79 Å². The maximum absolute atomic E-state index is 12.7. The maximum atomic E-state index is 12.7. The van der Waals surface area contributed by atoms with Gasteiger partial charge in [-0.2, -0.15) is 11.8 Å². The first kappa shape index (κ1) is 17.8. The van der Waals surface area contributed by atoms with Gasteiger partial charge in [0.25, 0.3) is 5.91 Å². The third kappa shape index (κ3) is 4.74. The van der Waals surface area contributed by atoms with Gasteiger partial charge in [0.1, 0.15) is 0 Å². The topological polar surface area (TPSA) is 41.6 Å². The highest BCUT2D eigenvalue weighted by atomic mass is 32.2. The van der Waals surface area contributed by atoms with Gasteiger partial charge in [0.15, 0.2) is 0 Å². The van der Waals surface area contributed by atoms with Crippen LogP contribution in [0.4, 0.5) is 0 Å². The summed E-state index contributed by atoms with van der Waals surface area (Å²) in [6.45, 7) is 6.27. The van der Waals surface area contributed by atoms with Gasteiger partial charge < -0.3 is 15.0 Å². The van der Waals surface area contributed by atoms with Crippen LogP contribution >= 0.6 is 11.8 Å². The highest BCUT2D eigenvalue weighted by Gasteiger charge is 2.26. The van der Waals surface area contributed by atoms with Crippen molar-refractivity contribution in [2.45, 2.75) is 51.5 Å². The average Bonchev–Trinajstić information content (AvgIpc) is 2.60. The van der Waals surface area contributed by atoms with Gasteiger partial charge in [0, 0.05) is 37.0 Å². The number of carbonyl (C=O) groups excluding carboxylic acids is 1. The minimum atomic E-state index is 0.106. The molecule has 0 unspecified atom stereocenters. The molecule has 3 rings (SSSR count). The van der Waals surface area contributed by atoms with Crippen LogP contribution in [0.25, 0.3) is 0 Å². The Bertz CT molecular complexity index is 533. The highest BCUT2D eigenvalue weighted by molar-refractivity contribution is 7.99. The van der Waals surface area contributed by atoms with Gasteiger partial charge in [-0.1, -0.05) is 12.1 Å². The Morgan fingerprint density at radius 2 is 1.96 bits per heavy atom. The Morgan fingerprint density at radius 1 is 1.25 bits per heavy atom. The molecule has 0 spiro atoms. The second-order valence-corrected chi connectivity index (χ2v) is 8.11. The molecule has 2 aliphatic rings. The predicted molar refractivity (Wildman–Crippen MR) is 99.5 cm³/mol. The molecular formula is C19H28N2O2S. The third-order valence-corrected chi connectivity index (χ3v) is 5.88. The lowest BCUT2D eigenvalue weighted by Crippen LogP contribution is -2.48. The molecule has 1 N–H and O–H groups in total. The zero-order valence-electron chi connectivity index (χ0n) is 14.7. The number of nitrogens with zero attached hydrogens (tertiary/aromatic N) is 1. The molecule has 1 amide bonds. The van der Waals surface area contributed by atoms with E-state index in [0.717, 1.165) is 12.1 Å². The van der Waals surface area contributed by atoms with Gasteiger partial charge in [0.05, 0.1) is 12.2 Å². The molecule has 0 aliphatic carbocycles. The predicted octanol–water partition coefficient (Wildman–Crippen LogP) is 2.92. The summed E-state index contributed by atoms with van der Waals surface area (Å²) < 4.78 is 5.71. The first-order chi connectivity index (χ1) is 11.6. The second kappa shape index (κ2) is 8.37. The minimum absolute atomic E-state index is 0.106. The van der Waals surface area contributed by atoms with Crippen LogP contribution in [0.2, 0.25) is 0 Å². The number of benzene rings is 1.